The summed E-state index contributed by atoms with van der Waals surface area (Å²) in [6.45, 7) is 5.93. The lowest BCUT2D eigenvalue weighted by Gasteiger charge is -2.42. The van der Waals surface area contributed by atoms with Crippen molar-refractivity contribution in [3.05, 3.63) is 65.2 Å². The number of carboxylic acids is 1. The van der Waals surface area contributed by atoms with Gasteiger partial charge in [-0.25, -0.2) is 0 Å². The number of rotatable bonds is 7. The second kappa shape index (κ2) is 9.96. The number of ether oxygens (including phenoxy) is 4. The number of carboxylic acid groups (broad SMARTS) is 1. The summed E-state index contributed by atoms with van der Waals surface area (Å²) < 4.78 is 23.8. The number of benzene rings is 2. The maximum Gasteiger partial charge on any atom is 0.304 e. The largest absolute Gasteiger partial charge is 0.489 e. The van der Waals surface area contributed by atoms with Gasteiger partial charge in [0.1, 0.15) is 19.0 Å². The monoisotopic (exact) mass is 450 g/mol. The fourth-order valence-corrected chi connectivity index (χ4v) is 4.35. The van der Waals surface area contributed by atoms with Crippen LogP contribution in [0.25, 0.3) is 0 Å². The summed E-state index contributed by atoms with van der Waals surface area (Å²) in [5.74, 6) is 4.74. The van der Waals surface area contributed by atoms with E-state index in [0.29, 0.717) is 26.4 Å². The van der Waals surface area contributed by atoms with E-state index in [1.54, 1.807) is 6.92 Å². The van der Waals surface area contributed by atoms with Crippen LogP contribution in [-0.4, -0.2) is 36.7 Å². The Bertz CT molecular complexity index is 1020. The van der Waals surface area contributed by atoms with Crippen molar-refractivity contribution in [3.8, 4) is 17.6 Å². The molecule has 2 heterocycles. The molecule has 2 aromatic carbocycles. The number of carbonyl (C=O) groups is 1. The molecule has 0 saturated carbocycles. The first kappa shape index (κ1) is 23.3. The van der Waals surface area contributed by atoms with Gasteiger partial charge in [0.05, 0.1) is 31.2 Å². The molecule has 1 spiro atoms. The summed E-state index contributed by atoms with van der Waals surface area (Å²) in [4.78, 5) is 11.1. The Balaban J connectivity index is 1.38. The zero-order valence-electron chi connectivity index (χ0n) is 19.1. The van der Waals surface area contributed by atoms with Crippen LogP contribution in [0, 0.1) is 11.8 Å². The standard InChI is InChI=1S/C27H30O6/c1-3-5-22(17-25(28)29)21-8-10-24(11-9-21)30-18-20-6-4-7-23(16-20)26(2)12-13-27(19-33-26)31-14-15-32-27/h4,6-11,16,22H,12-15,17-19H2,1-2H3,(H,28,29)/t22-,26?/m0/s1. The Morgan fingerprint density at radius 1 is 1.12 bits per heavy atom. The molecule has 6 nitrogen and oxygen atoms in total. The van der Waals surface area contributed by atoms with Crippen LogP contribution in [0.1, 0.15) is 55.7 Å². The van der Waals surface area contributed by atoms with E-state index in [4.69, 9.17) is 24.1 Å². The van der Waals surface area contributed by atoms with E-state index in [-0.39, 0.29) is 12.3 Å². The van der Waals surface area contributed by atoms with Crippen molar-refractivity contribution in [2.75, 3.05) is 19.8 Å². The van der Waals surface area contributed by atoms with Gasteiger partial charge < -0.3 is 24.1 Å². The Kier molecular flexibility index (Phi) is 7.04. The van der Waals surface area contributed by atoms with Crippen LogP contribution in [-0.2, 0) is 31.2 Å². The fourth-order valence-electron chi connectivity index (χ4n) is 4.35. The highest BCUT2D eigenvalue weighted by molar-refractivity contribution is 5.69. The summed E-state index contributed by atoms with van der Waals surface area (Å²) in [5.41, 5.74) is 2.64. The van der Waals surface area contributed by atoms with Gasteiger partial charge in [-0.3, -0.25) is 4.79 Å². The maximum atomic E-state index is 11.1. The minimum atomic E-state index is -0.864. The molecule has 2 aromatic rings. The summed E-state index contributed by atoms with van der Waals surface area (Å²) >= 11 is 0. The van der Waals surface area contributed by atoms with Crippen LogP contribution < -0.4 is 4.74 Å². The van der Waals surface area contributed by atoms with Gasteiger partial charge in [0, 0.05) is 6.42 Å². The molecule has 2 saturated heterocycles. The molecule has 6 heteroatoms. The van der Waals surface area contributed by atoms with Crippen molar-refractivity contribution in [1.29, 1.82) is 0 Å². The van der Waals surface area contributed by atoms with E-state index >= 15 is 0 Å². The summed E-state index contributed by atoms with van der Waals surface area (Å²) in [5, 5.41) is 9.11. The van der Waals surface area contributed by atoms with Gasteiger partial charge >= 0.3 is 5.97 Å². The molecule has 2 aliphatic heterocycles. The van der Waals surface area contributed by atoms with Gasteiger partial charge in [0.15, 0.2) is 5.79 Å². The molecule has 2 fully saturated rings. The van der Waals surface area contributed by atoms with Crippen molar-refractivity contribution in [2.24, 2.45) is 0 Å². The highest BCUT2D eigenvalue weighted by atomic mass is 16.8. The van der Waals surface area contributed by atoms with Gasteiger partial charge in [-0.1, -0.05) is 36.3 Å². The average Bonchev–Trinajstić information content (AvgIpc) is 3.28. The Hall–Kier alpha value is -2.85. The first-order valence-electron chi connectivity index (χ1n) is 11.3. The third-order valence-electron chi connectivity index (χ3n) is 6.33. The van der Waals surface area contributed by atoms with Gasteiger partial charge in [-0.15, -0.1) is 5.92 Å². The fraction of sp³-hybridized carbons (Fsp3) is 0.444. The van der Waals surface area contributed by atoms with Crippen LogP contribution in [0.15, 0.2) is 48.5 Å². The molecule has 1 unspecified atom stereocenters. The Morgan fingerprint density at radius 3 is 2.52 bits per heavy atom. The quantitative estimate of drug-likeness (QED) is 0.621. The topological polar surface area (TPSA) is 74.2 Å². The van der Waals surface area contributed by atoms with Crippen LogP contribution in [0.5, 0.6) is 5.75 Å². The van der Waals surface area contributed by atoms with Crippen LogP contribution >= 0.6 is 0 Å². The minimum absolute atomic E-state index is 0.0198. The average molecular weight is 451 g/mol. The number of aliphatic carboxylic acids is 1. The lowest BCUT2D eigenvalue weighted by molar-refractivity contribution is -0.256. The zero-order chi connectivity index (χ0) is 23.3. The highest BCUT2D eigenvalue weighted by Gasteiger charge is 2.46. The van der Waals surface area contributed by atoms with Gasteiger partial charge in [-0.2, -0.15) is 0 Å². The molecule has 0 aromatic heterocycles. The lowest BCUT2D eigenvalue weighted by Crippen LogP contribution is -2.46. The number of hydrogen-bond acceptors (Lipinski definition) is 5. The molecule has 0 aliphatic carbocycles. The van der Waals surface area contributed by atoms with E-state index < -0.39 is 17.4 Å². The molecule has 1 N–H and O–H groups in total. The molecule has 4 rings (SSSR count). The van der Waals surface area contributed by atoms with E-state index in [0.717, 1.165) is 35.3 Å². The lowest BCUT2D eigenvalue weighted by atomic mass is 9.86. The summed E-state index contributed by atoms with van der Waals surface area (Å²) in [6.07, 6.45) is 1.60. The van der Waals surface area contributed by atoms with Gasteiger partial charge in [0.2, 0.25) is 0 Å². The van der Waals surface area contributed by atoms with E-state index in [1.807, 2.05) is 36.4 Å². The maximum absolute atomic E-state index is 11.1. The smallest absolute Gasteiger partial charge is 0.304 e. The first-order chi connectivity index (χ1) is 15.9. The van der Waals surface area contributed by atoms with Crippen molar-refractivity contribution in [1.82, 2.24) is 0 Å². The van der Waals surface area contributed by atoms with Crippen LogP contribution in [0.2, 0.25) is 0 Å². The van der Waals surface area contributed by atoms with Crippen molar-refractivity contribution >= 4 is 5.97 Å². The third kappa shape index (κ3) is 5.56. The Morgan fingerprint density at radius 2 is 1.88 bits per heavy atom. The molecule has 2 aliphatic rings. The minimum Gasteiger partial charge on any atom is -0.489 e. The molecule has 2 atom stereocenters. The molecule has 174 valence electrons. The molecule has 0 amide bonds. The van der Waals surface area contributed by atoms with Crippen LogP contribution in [0.4, 0.5) is 0 Å². The SMILES string of the molecule is CC#C[C@@H](CC(=O)O)c1ccc(OCc2cccc(C3(C)CCC4(CO3)OCCO4)c2)cc1. The molecule has 33 heavy (non-hydrogen) atoms. The van der Waals surface area contributed by atoms with Gasteiger partial charge in [0.25, 0.3) is 0 Å². The molecule has 0 bridgehead atoms. The Labute approximate surface area is 194 Å². The van der Waals surface area contributed by atoms with E-state index in [9.17, 15) is 4.79 Å². The van der Waals surface area contributed by atoms with E-state index in [1.165, 1.54) is 0 Å². The van der Waals surface area contributed by atoms with Crippen molar-refractivity contribution in [2.45, 2.75) is 57.0 Å². The van der Waals surface area contributed by atoms with Crippen molar-refractivity contribution < 1.29 is 28.8 Å². The molecular formula is C27H30O6. The first-order valence-corrected chi connectivity index (χ1v) is 11.3. The highest BCUT2D eigenvalue weighted by Crippen LogP contribution is 2.41. The third-order valence-corrected chi connectivity index (χ3v) is 6.33. The van der Waals surface area contributed by atoms with Gasteiger partial charge in [-0.05, 0) is 55.2 Å². The van der Waals surface area contributed by atoms with Crippen molar-refractivity contribution in [3.63, 3.8) is 0 Å². The second-order valence-corrected chi connectivity index (χ2v) is 8.73. The summed E-state index contributed by atoms with van der Waals surface area (Å²) in [6, 6.07) is 15.8. The second-order valence-electron chi connectivity index (χ2n) is 8.73. The van der Waals surface area contributed by atoms with E-state index in [2.05, 4.69) is 30.9 Å². The zero-order valence-corrected chi connectivity index (χ0v) is 19.1. The summed E-state index contributed by atoms with van der Waals surface area (Å²) in [7, 11) is 0. The van der Waals surface area contributed by atoms with Crippen LogP contribution in [0.3, 0.4) is 0 Å². The molecule has 0 radical (unpaired) electrons. The number of hydrogen-bond donors (Lipinski definition) is 1. The molecular weight excluding hydrogens is 420 g/mol. The predicted octanol–water partition coefficient (Wildman–Crippen LogP) is 4.62. The normalized spacial score (nSPS) is 22.4. The predicted molar refractivity (Wildman–Crippen MR) is 123 cm³/mol.